The summed E-state index contributed by atoms with van der Waals surface area (Å²) in [5, 5.41) is 0. The molecule has 0 rings (SSSR count). The van der Waals surface area contributed by atoms with Crippen LogP contribution in [0.25, 0.3) is 0 Å². The van der Waals surface area contributed by atoms with Gasteiger partial charge in [0.25, 0.3) is 0 Å². The molecule has 0 aliphatic rings. The van der Waals surface area contributed by atoms with Crippen LogP contribution in [-0.4, -0.2) is 21.9 Å². The van der Waals surface area contributed by atoms with Gasteiger partial charge in [-0.15, -0.1) is 0 Å². The molecular weight excluding hydrogens is 140 g/mol. The SMILES string of the molecule is NC(=O)CP(=O)(O)O.[Li+]. The molecule has 1 amide bonds. The smallest absolute Gasteiger partial charge is 0.369 e. The Hall–Kier alpha value is 0.217. The van der Waals surface area contributed by atoms with Crippen molar-refractivity contribution >= 4 is 13.5 Å². The van der Waals surface area contributed by atoms with E-state index < -0.39 is 19.7 Å². The number of nitrogens with two attached hydrogens (primary N) is 1. The molecule has 5 nitrogen and oxygen atoms in total. The first-order chi connectivity index (χ1) is 3.42. The second kappa shape index (κ2) is 4.10. The molecule has 0 saturated heterocycles. The molecule has 7 heteroatoms. The van der Waals surface area contributed by atoms with Crippen molar-refractivity contribution < 1.29 is 38.0 Å². The van der Waals surface area contributed by atoms with Crippen LogP contribution in [0.2, 0.25) is 0 Å². The van der Waals surface area contributed by atoms with E-state index >= 15 is 0 Å². The maximum Gasteiger partial charge on any atom is 1.00 e. The molecule has 0 unspecified atom stereocenters. The third kappa shape index (κ3) is 11.7. The van der Waals surface area contributed by atoms with E-state index in [0.717, 1.165) is 0 Å². The van der Waals surface area contributed by atoms with Crippen molar-refractivity contribution in [1.82, 2.24) is 0 Å². The summed E-state index contributed by atoms with van der Waals surface area (Å²) in [5.41, 5.74) is 4.45. The number of primary amides is 1. The maximum absolute atomic E-state index is 9.84. The molecule has 0 bridgehead atoms. The van der Waals surface area contributed by atoms with E-state index in [4.69, 9.17) is 9.79 Å². The first-order valence-electron chi connectivity index (χ1n) is 1.75. The van der Waals surface area contributed by atoms with E-state index in [9.17, 15) is 9.36 Å². The van der Waals surface area contributed by atoms with E-state index in [2.05, 4.69) is 5.73 Å². The summed E-state index contributed by atoms with van der Waals surface area (Å²) in [4.78, 5) is 25.7. The van der Waals surface area contributed by atoms with Crippen molar-refractivity contribution in [2.24, 2.45) is 5.73 Å². The molecule has 0 aromatic carbocycles. The topological polar surface area (TPSA) is 101 Å². The van der Waals surface area contributed by atoms with Gasteiger partial charge < -0.3 is 15.5 Å². The second-order valence-electron chi connectivity index (χ2n) is 1.29. The molecule has 0 heterocycles. The Morgan fingerprint density at radius 3 is 1.89 bits per heavy atom. The minimum absolute atomic E-state index is 0. The van der Waals surface area contributed by atoms with Crippen LogP contribution in [0.1, 0.15) is 0 Å². The van der Waals surface area contributed by atoms with Gasteiger partial charge in [-0.05, 0) is 0 Å². The molecule has 0 aliphatic heterocycles. The van der Waals surface area contributed by atoms with Crippen molar-refractivity contribution in [2.75, 3.05) is 6.16 Å². The number of carbonyl (C=O) groups excluding carboxylic acids is 1. The van der Waals surface area contributed by atoms with Gasteiger partial charge in [-0.3, -0.25) is 9.36 Å². The second-order valence-corrected chi connectivity index (χ2v) is 2.93. The van der Waals surface area contributed by atoms with Crippen molar-refractivity contribution in [3.05, 3.63) is 0 Å². The fraction of sp³-hybridized carbons (Fsp3) is 0.500. The zero-order valence-electron chi connectivity index (χ0n) is 4.94. The molecular formula is C2H6LiNO4P+. The Balaban J connectivity index is 0. The van der Waals surface area contributed by atoms with Gasteiger partial charge in [0, 0.05) is 0 Å². The van der Waals surface area contributed by atoms with Crippen LogP contribution in [0.15, 0.2) is 0 Å². The van der Waals surface area contributed by atoms with Crippen LogP contribution in [0, 0.1) is 0 Å². The summed E-state index contributed by atoms with van der Waals surface area (Å²) in [6.07, 6.45) is -0.868. The Morgan fingerprint density at radius 2 is 1.89 bits per heavy atom. The molecule has 0 saturated carbocycles. The summed E-state index contributed by atoms with van der Waals surface area (Å²) in [5.74, 6) is -0.988. The first-order valence-corrected chi connectivity index (χ1v) is 3.54. The Kier molecular flexibility index (Phi) is 5.44. The van der Waals surface area contributed by atoms with Crippen LogP contribution < -0.4 is 24.6 Å². The van der Waals surface area contributed by atoms with Crippen molar-refractivity contribution in [2.45, 2.75) is 0 Å². The summed E-state index contributed by atoms with van der Waals surface area (Å²) in [7, 11) is -4.20. The maximum atomic E-state index is 9.84. The zero-order valence-corrected chi connectivity index (χ0v) is 5.84. The first kappa shape index (κ1) is 11.9. The number of hydrogen-bond donors (Lipinski definition) is 3. The average Bonchev–Trinajstić information content (AvgIpc) is 1.21. The minimum Gasteiger partial charge on any atom is -0.369 e. The van der Waals surface area contributed by atoms with Gasteiger partial charge in [-0.25, -0.2) is 0 Å². The van der Waals surface area contributed by atoms with Gasteiger partial charge in [-0.2, -0.15) is 0 Å². The standard InChI is InChI=1S/C2H6NO4P.Li/c3-2(4)1-8(5,6)7;/h1H2,(H2,3,4)(H2,5,6,7);/q;+1. The van der Waals surface area contributed by atoms with Gasteiger partial charge in [-0.1, -0.05) is 0 Å². The Bertz CT molecular complexity index is 142. The monoisotopic (exact) mass is 146 g/mol. The predicted octanol–water partition coefficient (Wildman–Crippen LogP) is -4.35. The van der Waals surface area contributed by atoms with Gasteiger partial charge in [0.15, 0.2) is 0 Å². The summed E-state index contributed by atoms with van der Waals surface area (Å²) in [6.45, 7) is 0. The summed E-state index contributed by atoms with van der Waals surface area (Å²) in [6, 6.07) is 0. The summed E-state index contributed by atoms with van der Waals surface area (Å²) < 4.78 is 9.84. The molecule has 0 spiro atoms. The molecule has 0 atom stereocenters. The Labute approximate surface area is 64.0 Å². The molecule has 0 aromatic heterocycles. The zero-order chi connectivity index (χ0) is 6.78. The van der Waals surface area contributed by atoms with Gasteiger partial charge >= 0.3 is 26.5 Å². The minimum atomic E-state index is -4.20. The molecule has 4 N–H and O–H groups in total. The fourth-order valence-electron chi connectivity index (χ4n) is 0.203. The van der Waals surface area contributed by atoms with Crippen molar-refractivity contribution in [3.63, 3.8) is 0 Å². The van der Waals surface area contributed by atoms with Crippen LogP contribution >= 0.6 is 7.60 Å². The quantitative estimate of drug-likeness (QED) is 0.270. The van der Waals surface area contributed by atoms with Crippen LogP contribution in [0.4, 0.5) is 0 Å². The predicted molar refractivity (Wildman–Crippen MR) is 26.1 cm³/mol. The van der Waals surface area contributed by atoms with E-state index in [1.165, 1.54) is 0 Å². The van der Waals surface area contributed by atoms with E-state index in [1.54, 1.807) is 0 Å². The third-order valence-electron chi connectivity index (χ3n) is 0.362. The van der Waals surface area contributed by atoms with Crippen LogP contribution in [0.3, 0.4) is 0 Å². The molecule has 0 aliphatic carbocycles. The summed E-state index contributed by atoms with van der Waals surface area (Å²) >= 11 is 0. The van der Waals surface area contributed by atoms with Gasteiger partial charge in [0.2, 0.25) is 5.91 Å². The van der Waals surface area contributed by atoms with Crippen molar-refractivity contribution in [1.29, 1.82) is 0 Å². The fourth-order valence-corrected chi connectivity index (χ4v) is 0.609. The number of rotatable bonds is 2. The number of amides is 1. The molecule has 0 aromatic rings. The van der Waals surface area contributed by atoms with Crippen molar-refractivity contribution in [3.8, 4) is 0 Å². The number of hydrogen-bond acceptors (Lipinski definition) is 2. The normalized spacial score (nSPS) is 10.0. The average molecular weight is 146 g/mol. The van der Waals surface area contributed by atoms with Gasteiger partial charge in [0.1, 0.15) is 6.16 Å². The Morgan fingerprint density at radius 1 is 1.56 bits per heavy atom. The molecule has 48 valence electrons. The largest absolute Gasteiger partial charge is 1.00 e. The molecule has 0 radical (unpaired) electrons. The van der Waals surface area contributed by atoms with Gasteiger partial charge in [0.05, 0.1) is 0 Å². The van der Waals surface area contributed by atoms with Crippen LogP contribution in [0.5, 0.6) is 0 Å². The van der Waals surface area contributed by atoms with E-state index in [1.807, 2.05) is 0 Å². The van der Waals surface area contributed by atoms with E-state index in [0.29, 0.717) is 0 Å². The molecule has 9 heavy (non-hydrogen) atoms. The number of carbonyl (C=O) groups is 1. The van der Waals surface area contributed by atoms with Crippen LogP contribution in [-0.2, 0) is 9.36 Å². The third-order valence-corrected chi connectivity index (χ3v) is 1.09. The van der Waals surface area contributed by atoms with E-state index in [-0.39, 0.29) is 18.9 Å². The molecule has 0 fully saturated rings.